The number of thiazole rings is 1. The molecule has 4 nitrogen and oxygen atoms in total. The molecule has 0 radical (unpaired) electrons. The molecule has 0 amide bonds. The van der Waals surface area contributed by atoms with Crippen LogP contribution in [0.15, 0.2) is 17.3 Å². The van der Waals surface area contributed by atoms with Crippen molar-refractivity contribution in [2.24, 2.45) is 4.99 Å². The zero-order chi connectivity index (χ0) is 14.1. The molecule has 1 aromatic heterocycles. The van der Waals surface area contributed by atoms with Crippen LogP contribution >= 0.6 is 23.1 Å². The quantitative estimate of drug-likeness (QED) is 0.746. The van der Waals surface area contributed by atoms with Crippen molar-refractivity contribution in [3.63, 3.8) is 0 Å². The van der Waals surface area contributed by atoms with Crippen molar-refractivity contribution in [3.8, 4) is 0 Å². The first-order valence-electron chi connectivity index (χ1n) is 6.09. The van der Waals surface area contributed by atoms with Crippen molar-refractivity contribution < 1.29 is 9.90 Å². The standard InChI is InChI=1S/C13H18N2O2S2/c1-3-4-6-10-12(13(16)17)15-11(19-10)9-14-7-5-8-18-2/h5,7,9H,3-4,6,8H2,1-2H3,(H,16,17)/b7-5-,14-9?. The molecule has 6 heteroatoms. The van der Waals surface area contributed by atoms with E-state index < -0.39 is 5.97 Å². The fourth-order valence-electron chi connectivity index (χ4n) is 1.41. The first kappa shape index (κ1) is 15.9. The van der Waals surface area contributed by atoms with Crippen molar-refractivity contribution in [2.45, 2.75) is 26.2 Å². The molecule has 104 valence electrons. The van der Waals surface area contributed by atoms with E-state index >= 15 is 0 Å². The minimum Gasteiger partial charge on any atom is -0.476 e. The normalized spacial score (nSPS) is 11.7. The predicted molar refractivity (Wildman–Crippen MR) is 82.8 cm³/mol. The van der Waals surface area contributed by atoms with Gasteiger partial charge in [0.05, 0.1) is 6.21 Å². The number of nitrogens with zero attached hydrogens (tertiary/aromatic N) is 2. The highest BCUT2D eigenvalue weighted by atomic mass is 32.2. The van der Waals surface area contributed by atoms with E-state index in [2.05, 4.69) is 16.9 Å². The second-order valence-corrected chi connectivity index (χ2v) is 5.88. The second kappa shape index (κ2) is 8.87. The van der Waals surface area contributed by atoms with Gasteiger partial charge in [0.1, 0.15) is 5.01 Å². The number of carboxylic acids is 1. The minimum absolute atomic E-state index is 0.174. The summed E-state index contributed by atoms with van der Waals surface area (Å²) in [5.41, 5.74) is 0.174. The van der Waals surface area contributed by atoms with E-state index in [1.165, 1.54) is 11.3 Å². The molecule has 19 heavy (non-hydrogen) atoms. The Morgan fingerprint density at radius 1 is 1.58 bits per heavy atom. The van der Waals surface area contributed by atoms with Crippen LogP contribution in [-0.4, -0.2) is 34.3 Å². The van der Waals surface area contributed by atoms with Crippen LogP contribution in [0.1, 0.15) is 40.1 Å². The number of aryl methyl sites for hydroxylation is 1. The summed E-state index contributed by atoms with van der Waals surface area (Å²) in [4.78, 5) is 20.2. The number of unbranched alkanes of at least 4 members (excludes halogenated alkanes) is 1. The van der Waals surface area contributed by atoms with Gasteiger partial charge in [0.15, 0.2) is 5.69 Å². The summed E-state index contributed by atoms with van der Waals surface area (Å²) in [7, 11) is 0. The molecule has 0 saturated heterocycles. The smallest absolute Gasteiger partial charge is 0.355 e. The molecule has 0 bridgehead atoms. The predicted octanol–water partition coefficient (Wildman–Crippen LogP) is 3.48. The third-order valence-corrected chi connectivity index (χ3v) is 3.89. The summed E-state index contributed by atoms with van der Waals surface area (Å²) < 4.78 is 0. The fourth-order valence-corrected chi connectivity index (χ4v) is 2.66. The molecule has 0 spiro atoms. The molecule has 0 fully saturated rings. The van der Waals surface area contributed by atoms with Crippen LogP contribution in [0, 0.1) is 0 Å². The van der Waals surface area contributed by atoms with Crippen LogP contribution in [-0.2, 0) is 6.42 Å². The van der Waals surface area contributed by atoms with E-state index in [0.717, 1.165) is 29.9 Å². The lowest BCUT2D eigenvalue weighted by atomic mass is 10.2. The van der Waals surface area contributed by atoms with E-state index in [9.17, 15) is 4.79 Å². The topological polar surface area (TPSA) is 62.5 Å². The molecule has 1 heterocycles. The number of aromatic nitrogens is 1. The third-order valence-electron chi connectivity index (χ3n) is 2.31. The monoisotopic (exact) mass is 298 g/mol. The van der Waals surface area contributed by atoms with E-state index in [1.54, 1.807) is 24.2 Å². The maximum atomic E-state index is 11.1. The lowest BCUT2D eigenvalue weighted by Gasteiger charge is -1.95. The van der Waals surface area contributed by atoms with Gasteiger partial charge in [0.25, 0.3) is 0 Å². The molecular formula is C13H18N2O2S2. The highest BCUT2D eigenvalue weighted by Gasteiger charge is 2.15. The zero-order valence-corrected chi connectivity index (χ0v) is 12.8. The lowest BCUT2D eigenvalue weighted by molar-refractivity contribution is 0.0690. The Hall–Kier alpha value is -1.14. The number of aromatic carboxylic acids is 1. The summed E-state index contributed by atoms with van der Waals surface area (Å²) in [5, 5.41) is 9.75. The molecule has 0 saturated carbocycles. The molecule has 1 rings (SSSR count). The van der Waals surface area contributed by atoms with Crippen LogP contribution in [0.4, 0.5) is 0 Å². The Morgan fingerprint density at radius 3 is 3.00 bits per heavy atom. The Morgan fingerprint density at radius 2 is 2.37 bits per heavy atom. The van der Waals surface area contributed by atoms with E-state index in [4.69, 9.17) is 5.11 Å². The maximum Gasteiger partial charge on any atom is 0.355 e. The Bertz CT molecular complexity index is 467. The van der Waals surface area contributed by atoms with E-state index in [0.29, 0.717) is 5.01 Å². The summed E-state index contributed by atoms with van der Waals surface area (Å²) in [6.07, 6.45) is 10.1. The summed E-state index contributed by atoms with van der Waals surface area (Å²) in [6.45, 7) is 2.08. The first-order valence-corrected chi connectivity index (χ1v) is 8.30. The van der Waals surface area contributed by atoms with Crippen LogP contribution in [0.25, 0.3) is 0 Å². The molecule has 0 aliphatic heterocycles. The number of carbonyl (C=O) groups is 1. The van der Waals surface area contributed by atoms with Crippen molar-refractivity contribution >= 4 is 35.3 Å². The van der Waals surface area contributed by atoms with Crippen molar-refractivity contribution in [1.29, 1.82) is 0 Å². The third kappa shape index (κ3) is 5.57. The Kier molecular flexibility index (Phi) is 7.43. The molecule has 1 aromatic rings. The molecule has 0 aromatic carbocycles. The van der Waals surface area contributed by atoms with Gasteiger partial charge in [0, 0.05) is 16.8 Å². The van der Waals surface area contributed by atoms with Gasteiger partial charge in [-0.15, -0.1) is 11.3 Å². The molecule has 0 aliphatic carbocycles. The van der Waals surface area contributed by atoms with Crippen molar-refractivity contribution in [1.82, 2.24) is 4.98 Å². The van der Waals surface area contributed by atoms with Gasteiger partial charge in [-0.3, -0.25) is 4.99 Å². The maximum absolute atomic E-state index is 11.1. The molecule has 0 aliphatic rings. The summed E-state index contributed by atoms with van der Waals surface area (Å²) in [5.74, 6) is -0.0444. The van der Waals surface area contributed by atoms with Crippen LogP contribution in [0.5, 0.6) is 0 Å². The van der Waals surface area contributed by atoms with Gasteiger partial charge < -0.3 is 5.11 Å². The van der Waals surface area contributed by atoms with Crippen molar-refractivity contribution in [3.05, 3.63) is 27.9 Å². The Labute approximate surface area is 121 Å². The number of aliphatic imine (C=N–C) groups is 1. The average Bonchev–Trinajstić information content (AvgIpc) is 2.79. The SMILES string of the molecule is CCCCc1sc(C=N/C=C\CSC)nc1C(=O)O. The van der Waals surface area contributed by atoms with Gasteiger partial charge in [-0.1, -0.05) is 19.4 Å². The van der Waals surface area contributed by atoms with Crippen LogP contribution in [0.2, 0.25) is 0 Å². The summed E-state index contributed by atoms with van der Waals surface area (Å²) in [6, 6.07) is 0. The van der Waals surface area contributed by atoms with Gasteiger partial charge in [-0.2, -0.15) is 11.8 Å². The number of hydrogen-bond donors (Lipinski definition) is 1. The average molecular weight is 298 g/mol. The number of hydrogen-bond acceptors (Lipinski definition) is 5. The van der Waals surface area contributed by atoms with E-state index in [-0.39, 0.29) is 5.69 Å². The van der Waals surface area contributed by atoms with Crippen LogP contribution in [0.3, 0.4) is 0 Å². The van der Waals surface area contributed by atoms with Gasteiger partial charge in [-0.25, -0.2) is 9.78 Å². The highest BCUT2D eigenvalue weighted by molar-refractivity contribution is 7.98. The fraction of sp³-hybridized carbons (Fsp3) is 0.462. The zero-order valence-electron chi connectivity index (χ0n) is 11.1. The Balaban J connectivity index is 2.76. The van der Waals surface area contributed by atoms with E-state index in [1.807, 2.05) is 12.3 Å². The summed E-state index contributed by atoms with van der Waals surface area (Å²) >= 11 is 3.13. The molecule has 1 N–H and O–H groups in total. The molecule has 0 atom stereocenters. The molecule has 0 unspecified atom stereocenters. The van der Waals surface area contributed by atoms with Gasteiger partial charge in [-0.05, 0) is 19.1 Å². The number of thioether (sulfide) groups is 1. The van der Waals surface area contributed by atoms with Gasteiger partial charge in [0.2, 0.25) is 0 Å². The minimum atomic E-state index is -0.958. The molecular weight excluding hydrogens is 280 g/mol. The van der Waals surface area contributed by atoms with Crippen LogP contribution < -0.4 is 0 Å². The number of rotatable bonds is 8. The lowest BCUT2D eigenvalue weighted by Crippen LogP contribution is -2.01. The van der Waals surface area contributed by atoms with Crippen molar-refractivity contribution in [2.75, 3.05) is 12.0 Å². The first-order chi connectivity index (χ1) is 9.19. The largest absolute Gasteiger partial charge is 0.476 e. The second-order valence-electron chi connectivity index (χ2n) is 3.85. The van der Waals surface area contributed by atoms with Gasteiger partial charge >= 0.3 is 5.97 Å². The number of carboxylic acid groups (broad SMARTS) is 1. The highest BCUT2D eigenvalue weighted by Crippen LogP contribution is 2.20.